The van der Waals surface area contributed by atoms with Crippen LogP contribution in [-0.4, -0.2) is 33.7 Å². The summed E-state index contributed by atoms with van der Waals surface area (Å²) in [6, 6.07) is 0.246. The van der Waals surface area contributed by atoms with Crippen molar-refractivity contribution >= 4 is 5.97 Å². The fourth-order valence-electron chi connectivity index (χ4n) is 2.56. The molecule has 5 heteroatoms. The van der Waals surface area contributed by atoms with E-state index in [0.29, 0.717) is 6.61 Å². The number of imidazole rings is 1. The van der Waals surface area contributed by atoms with Crippen LogP contribution in [0.15, 0.2) is 12.4 Å². The highest BCUT2D eigenvalue weighted by Gasteiger charge is 2.34. The molecular weight excluding hydrogens is 266 g/mol. The van der Waals surface area contributed by atoms with Gasteiger partial charge in [-0.15, -0.1) is 0 Å². The number of carbonyl (C=O) groups is 1. The molecule has 0 saturated carbocycles. The van der Waals surface area contributed by atoms with Crippen LogP contribution in [0.25, 0.3) is 0 Å². The molecule has 0 amide bonds. The van der Waals surface area contributed by atoms with E-state index in [-0.39, 0.29) is 12.0 Å². The van der Waals surface area contributed by atoms with Gasteiger partial charge in [0.15, 0.2) is 0 Å². The molecule has 1 rings (SSSR count). The second-order valence-electron chi connectivity index (χ2n) is 5.98. The third-order valence-corrected chi connectivity index (χ3v) is 3.58. The van der Waals surface area contributed by atoms with E-state index in [2.05, 4.69) is 14.9 Å². The molecule has 0 bridgehead atoms. The summed E-state index contributed by atoms with van der Waals surface area (Å²) in [5.41, 5.74) is -0.603. The molecule has 0 aromatic carbocycles. The van der Waals surface area contributed by atoms with Crippen molar-refractivity contribution in [2.24, 2.45) is 0 Å². The summed E-state index contributed by atoms with van der Waals surface area (Å²) in [4.78, 5) is 16.4. The molecule has 21 heavy (non-hydrogen) atoms. The van der Waals surface area contributed by atoms with E-state index in [9.17, 15) is 4.79 Å². The van der Waals surface area contributed by atoms with Crippen molar-refractivity contribution in [3.63, 3.8) is 0 Å². The van der Waals surface area contributed by atoms with Crippen molar-refractivity contribution in [2.75, 3.05) is 6.61 Å². The lowest BCUT2D eigenvalue weighted by molar-refractivity contribution is -0.151. The lowest BCUT2D eigenvalue weighted by atomic mass is 9.93. The first-order valence-corrected chi connectivity index (χ1v) is 7.81. The molecule has 0 fully saturated rings. The molecule has 1 atom stereocenters. The summed E-state index contributed by atoms with van der Waals surface area (Å²) < 4.78 is 7.35. The Kier molecular flexibility index (Phi) is 6.89. The monoisotopic (exact) mass is 295 g/mol. The number of ether oxygens (including phenoxy) is 1. The third-order valence-electron chi connectivity index (χ3n) is 3.58. The molecule has 0 aliphatic carbocycles. The Balaban J connectivity index is 2.49. The molecule has 1 aromatic rings. The van der Waals surface area contributed by atoms with Crippen LogP contribution in [0, 0.1) is 6.92 Å². The molecule has 1 heterocycles. The van der Waals surface area contributed by atoms with E-state index in [4.69, 9.17) is 4.74 Å². The van der Waals surface area contributed by atoms with Crippen LogP contribution in [0.5, 0.6) is 0 Å². The Bertz CT molecular complexity index is 442. The van der Waals surface area contributed by atoms with Gasteiger partial charge in [-0.2, -0.15) is 0 Å². The Morgan fingerprint density at radius 1 is 1.48 bits per heavy atom. The smallest absolute Gasteiger partial charge is 0.326 e. The van der Waals surface area contributed by atoms with Gasteiger partial charge in [0.1, 0.15) is 11.4 Å². The Morgan fingerprint density at radius 3 is 2.71 bits per heavy atom. The van der Waals surface area contributed by atoms with Crippen LogP contribution < -0.4 is 5.32 Å². The van der Waals surface area contributed by atoms with Gasteiger partial charge in [0.05, 0.1) is 6.61 Å². The maximum absolute atomic E-state index is 12.2. The number of nitrogens with zero attached hydrogens (tertiary/aromatic N) is 2. The number of esters is 1. The highest BCUT2D eigenvalue weighted by molar-refractivity contribution is 5.80. The molecule has 1 aromatic heterocycles. The Morgan fingerprint density at radius 2 is 2.19 bits per heavy atom. The molecule has 0 aliphatic heterocycles. The number of unbranched alkanes of at least 4 members (excludes halogenated alkanes) is 1. The minimum Gasteiger partial charge on any atom is -0.465 e. The average molecular weight is 295 g/mol. The van der Waals surface area contributed by atoms with E-state index < -0.39 is 5.54 Å². The van der Waals surface area contributed by atoms with E-state index in [1.165, 1.54) is 0 Å². The number of aromatic nitrogens is 2. The fraction of sp³-hybridized carbons (Fsp3) is 0.750. The standard InChI is InChI=1S/C16H29N3O2/c1-6-21-15(20)16(5,18-13(2)3)9-7-8-11-19-12-10-17-14(19)4/h10,12-13,18H,6-9,11H2,1-5H3. The van der Waals surface area contributed by atoms with Gasteiger partial charge in [-0.3, -0.25) is 10.1 Å². The lowest BCUT2D eigenvalue weighted by Crippen LogP contribution is -2.53. The summed E-state index contributed by atoms with van der Waals surface area (Å²) in [6.07, 6.45) is 6.57. The van der Waals surface area contributed by atoms with Crippen LogP contribution in [0.1, 0.15) is 52.8 Å². The van der Waals surface area contributed by atoms with Crippen LogP contribution in [0.3, 0.4) is 0 Å². The van der Waals surface area contributed by atoms with Gasteiger partial charge in [-0.25, -0.2) is 4.98 Å². The quantitative estimate of drug-likeness (QED) is 0.562. The lowest BCUT2D eigenvalue weighted by Gasteiger charge is -2.30. The predicted molar refractivity (Wildman–Crippen MR) is 84.1 cm³/mol. The van der Waals surface area contributed by atoms with Gasteiger partial charge >= 0.3 is 5.97 Å². The number of carbonyl (C=O) groups excluding carboxylic acids is 1. The van der Waals surface area contributed by atoms with Crippen LogP contribution >= 0.6 is 0 Å². The van der Waals surface area contributed by atoms with Crippen LogP contribution in [0.2, 0.25) is 0 Å². The van der Waals surface area contributed by atoms with Crippen molar-refractivity contribution < 1.29 is 9.53 Å². The molecule has 1 N–H and O–H groups in total. The van der Waals surface area contributed by atoms with E-state index in [1.54, 1.807) is 0 Å². The molecular formula is C16H29N3O2. The average Bonchev–Trinajstić information content (AvgIpc) is 2.80. The molecule has 0 spiro atoms. The zero-order chi connectivity index (χ0) is 15.9. The summed E-state index contributed by atoms with van der Waals surface area (Å²) in [7, 11) is 0. The highest BCUT2D eigenvalue weighted by Crippen LogP contribution is 2.18. The van der Waals surface area contributed by atoms with Gasteiger partial charge in [-0.05, 0) is 53.9 Å². The summed E-state index contributed by atoms with van der Waals surface area (Å²) in [5, 5.41) is 3.35. The number of hydrogen-bond acceptors (Lipinski definition) is 4. The van der Waals surface area contributed by atoms with Crippen molar-refractivity contribution in [3.05, 3.63) is 18.2 Å². The number of rotatable bonds is 9. The van der Waals surface area contributed by atoms with Gasteiger partial charge < -0.3 is 9.30 Å². The maximum Gasteiger partial charge on any atom is 0.326 e. The maximum atomic E-state index is 12.2. The topological polar surface area (TPSA) is 56.2 Å². The zero-order valence-electron chi connectivity index (χ0n) is 14.0. The number of aryl methyl sites for hydroxylation is 2. The van der Waals surface area contributed by atoms with Crippen LogP contribution in [-0.2, 0) is 16.1 Å². The van der Waals surface area contributed by atoms with E-state index in [0.717, 1.165) is 31.6 Å². The van der Waals surface area contributed by atoms with Gasteiger partial charge in [0.25, 0.3) is 0 Å². The first-order valence-electron chi connectivity index (χ1n) is 7.81. The summed E-state index contributed by atoms with van der Waals surface area (Å²) >= 11 is 0. The zero-order valence-corrected chi connectivity index (χ0v) is 14.0. The largest absolute Gasteiger partial charge is 0.465 e. The third kappa shape index (κ3) is 5.50. The Labute approximate surface area is 128 Å². The second kappa shape index (κ2) is 8.17. The summed E-state index contributed by atoms with van der Waals surface area (Å²) in [5.74, 6) is 0.876. The number of hydrogen-bond donors (Lipinski definition) is 1. The minimum atomic E-state index is -0.603. The molecule has 0 radical (unpaired) electrons. The van der Waals surface area contributed by atoms with Crippen molar-refractivity contribution in [1.29, 1.82) is 0 Å². The fourth-order valence-corrected chi connectivity index (χ4v) is 2.56. The van der Waals surface area contributed by atoms with Crippen molar-refractivity contribution in [3.8, 4) is 0 Å². The molecule has 1 unspecified atom stereocenters. The normalized spacial score (nSPS) is 14.2. The molecule has 0 saturated heterocycles. The minimum absolute atomic E-state index is 0.155. The highest BCUT2D eigenvalue weighted by atomic mass is 16.5. The van der Waals surface area contributed by atoms with Gasteiger partial charge in [-0.1, -0.05) is 0 Å². The first kappa shape index (κ1) is 17.7. The van der Waals surface area contributed by atoms with Crippen molar-refractivity contribution in [1.82, 2.24) is 14.9 Å². The molecule has 120 valence electrons. The molecule has 5 nitrogen and oxygen atoms in total. The van der Waals surface area contributed by atoms with Crippen molar-refractivity contribution in [2.45, 2.75) is 72.0 Å². The van der Waals surface area contributed by atoms with Gasteiger partial charge in [0.2, 0.25) is 0 Å². The Hall–Kier alpha value is -1.36. The predicted octanol–water partition coefficient (Wildman–Crippen LogP) is 2.68. The number of nitrogens with one attached hydrogen (secondary N) is 1. The van der Waals surface area contributed by atoms with Crippen LogP contribution in [0.4, 0.5) is 0 Å². The summed E-state index contributed by atoms with van der Waals surface area (Å²) in [6.45, 7) is 11.2. The first-order chi connectivity index (χ1) is 9.89. The van der Waals surface area contributed by atoms with Gasteiger partial charge in [0, 0.05) is 25.0 Å². The van der Waals surface area contributed by atoms with E-state index in [1.807, 2.05) is 47.0 Å². The SMILES string of the molecule is CCOC(=O)C(C)(CCCCn1ccnc1C)NC(C)C. The van der Waals surface area contributed by atoms with E-state index >= 15 is 0 Å². The molecule has 0 aliphatic rings. The second-order valence-corrected chi connectivity index (χ2v) is 5.98.